The first-order chi connectivity index (χ1) is 14.1. The molecule has 3 aromatic rings. The third-order valence-electron chi connectivity index (χ3n) is 6.08. The van der Waals surface area contributed by atoms with Gasteiger partial charge in [-0.05, 0) is 43.0 Å². The standard InChI is InChI=1S/C24H24N2O3.2H2S/c1-15-16(2)29-24(28-15)18-5-3-17(4-6-18)21-12-23(27)26(14-21)22-8-7-20-13-25-10-9-19(20)11-22;;/h3-11,13,15-16,21,24H,12,14H2,1-2H3;2*1H2/t15-,16-,21?;;/m0../s1. The number of anilines is 1. The Hall–Kier alpha value is -2.06. The highest BCUT2D eigenvalue weighted by Crippen LogP contribution is 2.35. The van der Waals surface area contributed by atoms with E-state index in [1.165, 1.54) is 5.56 Å². The minimum absolute atomic E-state index is 0. The van der Waals surface area contributed by atoms with E-state index in [2.05, 4.69) is 35.3 Å². The molecule has 5 rings (SSSR count). The van der Waals surface area contributed by atoms with Crippen molar-refractivity contribution in [1.29, 1.82) is 0 Å². The van der Waals surface area contributed by atoms with Crippen LogP contribution in [0.4, 0.5) is 5.69 Å². The Morgan fingerprint density at radius 3 is 2.29 bits per heavy atom. The molecule has 0 saturated carbocycles. The van der Waals surface area contributed by atoms with E-state index >= 15 is 0 Å². The van der Waals surface area contributed by atoms with Crippen LogP contribution in [0.1, 0.15) is 43.6 Å². The quantitative estimate of drug-likeness (QED) is 0.568. The summed E-state index contributed by atoms with van der Waals surface area (Å²) >= 11 is 0. The highest BCUT2D eigenvalue weighted by Gasteiger charge is 2.33. The Balaban J connectivity index is 0.00000136. The van der Waals surface area contributed by atoms with Gasteiger partial charge in [0.25, 0.3) is 0 Å². The number of nitrogens with zero attached hydrogens (tertiary/aromatic N) is 2. The van der Waals surface area contributed by atoms with Gasteiger partial charge in [0.05, 0.1) is 12.2 Å². The number of ether oxygens (including phenoxy) is 2. The summed E-state index contributed by atoms with van der Waals surface area (Å²) < 4.78 is 11.7. The first-order valence-corrected chi connectivity index (χ1v) is 10.1. The van der Waals surface area contributed by atoms with Gasteiger partial charge in [-0.2, -0.15) is 27.0 Å². The summed E-state index contributed by atoms with van der Waals surface area (Å²) in [6.07, 6.45) is 4.04. The number of amides is 1. The number of benzene rings is 2. The molecule has 5 nitrogen and oxygen atoms in total. The molecule has 31 heavy (non-hydrogen) atoms. The lowest BCUT2D eigenvalue weighted by molar-refractivity contribution is -0.117. The van der Waals surface area contributed by atoms with E-state index in [4.69, 9.17) is 9.47 Å². The van der Waals surface area contributed by atoms with Gasteiger partial charge < -0.3 is 14.4 Å². The van der Waals surface area contributed by atoms with Crippen LogP contribution in [0.5, 0.6) is 0 Å². The van der Waals surface area contributed by atoms with Gasteiger partial charge in [-0.15, -0.1) is 0 Å². The SMILES string of the molecule is C[C@@H]1OC(c2ccc(C3CC(=O)N(c4ccc5cnccc5c4)C3)cc2)O[C@H]1C.S.S. The molecule has 0 N–H and O–H groups in total. The average molecular weight is 457 g/mol. The lowest BCUT2D eigenvalue weighted by atomic mass is 9.97. The van der Waals surface area contributed by atoms with Gasteiger partial charge in [0, 0.05) is 47.9 Å². The molecule has 3 heterocycles. The molecule has 7 heteroatoms. The molecule has 0 aliphatic carbocycles. The van der Waals surface area contributed by atoms with Crippen molar-refractivity contribution in [2.75, 3.05) is 11.4 Å². The molecule has 1 amide bonds. The van der Waals surface area contributed by atoms with Crippen molar-refractivity contribution in [1.82, 2.24) is 4.98 Å². The number of rotatable bonds is 3. The number of hydrogen-bond acceptors (Lipinski definition) is 4. The van der Waals surface area contributed by atoms with E-state index in [1.807, 2.05) is 43.1 Å². The Labute approximate surface area is 196 Å². The van der Waals surface area contributed by atoms with Crippen LogP contribution < -0.4 is 4.90 Å². The Morgan fingerprint density at radius 2 is 1.58 bits per heavy atom. The van der Waals surface area contributed by atoms with E-state index in [0.29, 0.717) is 13.0 Å². The van der Waals surface area contributed by atoms with Crippen LogP contribution >= 0.6 is 27.0 Å². The fourth-order valence-corrected chi connectivity index (χ4v) is 4.14. The maximum absolute atomic E-state index is 12.7. The van der Waals surface area contributed by atoms with Crippen molar-refractivity contribution in [2.45, 2.75) is 44.7 Å². The van der Waals surface area contributed by atoms with Crippen molar-refractivity contribution in [3.05, 3.63) is 72.1 Å². The molecule has 2 aromatic carbocycles. The number of hydrogen-bond donors (Lipinski definition) is 0. The lowest BCUT2D eigenvalue weighted by Crippen LogP contribution is -2.24. The third kappa shape index (κ3) is 4.60. The molecule has 2 aliphatic heterocycles. The highest BCUT2D eigenvalue weighted by atomic mass is 32.1. The van der Waals surface area contributed by atoms with E-state index < -0.39 is 0 Å². The number of fused-ring (bicyclic) bond motifs is 1. The zero-order chi connectivity index (χ0) is 20.0. The van der Waals surface area contributed by atoms with Gasteiger partial charge in [0.2, 0.25) is 5.91 Å². The van der Waals surface area contributed by atoms with Crippen LogP contribution in [0, 0.1) is 0 Å². The van der Waals surface area contributed by atoms with E-state index in [1.54, 1.807) is 6.20 Å². The predicted octanol–water partition coefficient (Wildman–Crippen LogP) is 4.80. The third-order valence-corrected chi connectivity index (χ3v) is 6.08. The normalized spacial score (nSPS) is 23.6. The summed E-state index contributed by atoms with van der Waals surface area (Å²) in [4.78, 5) is 18.8. The van der Waals surface area contributed by atoms with Crippen LogP contribution in [0.25, 0.3) is 10.8 Å². The molecular weight excluding hydrogens is 428 g/mol. The van der Waals surface area contributed by atoms with Crippen LogP contribution in [0.2, 0.25) is 0 Å². The van der Waals surface area contributed by atoms with Crippen LogP contribution in [-0.4, -0.2) is 29.6 Å². The molecule has 1 aromatic heterocycles. The molecule has 0 spiro atoms. The van der Waals surface area contributed by atoms with Gasteiger partial charge in [0.1, 0.15) is 0 Å². The van der Waals surface area contributed by atoms with Crippen LogP contribution in [0.15, 0.2) is 60.9 Å². The Kier molecular flexibility index (Phi) is 7.31. The summed E-state index contributed by atoms with van der Waals surface area (Å²) in [5, 5.41) is 2.17. The number of aromatic nitrogens is 1. The molecule has 3 atom stereocenters. The summed E-state index contributed by atoms with van der Waals surface area (Å²) in [7, 11) is 0. The molecule has 164 valence electrons. The van der Waals surface area contributed by atoms with Gasteiger partial charge in [-0.25, -0.2) is 0 Å². The largest absolute Gasteiger partial charge is 0.343 e. The maximum atomic E-state index is 12.7. The van der Waals surface area contributed by atoms with Gasteiger partial charge >= 0.3 is 0 Å². The highest BCUT2D eigenvalue weighted by molar-refractivity contribution is 7.59. The monoisotopic (exact) mass is 456 g/mol. The van der Waals surface area contributed by atoms with Crippen molar-refractivity contribution < 1.29 is 14.3 Å². The van der Waals surface area contributed by atoms with Crippen molar-refractivity contribution in [2.24, 2.45) is 0 Å². The minimum Gasteiger partial charge on any atom is -0.343 e. The molecule has 2 fully saturated rings. The molecular formula is C24H28N2O3S2. The van der Waals surface area contributed by atoms with Crippen molar-refractivity contribution >= 4 is 49.4 Å². The smallest absolute Gasteiger partial charge is 0.227 e. The summed E-state index contributed by atoms with van der Waals surface area (Å²) in [5.41, 5.74) is 3.14. The Morgan fingerprint density at radius 1 is 0.903 bits per heavy atom. The minimum atomic E-state index is -0.303. The second kappa shape index (κ2) is 9.61. The van der Waals surface area contributed by atoms with Gasteiger partial charge in [-0.3, -0.25) is 9.78 Å². The molecule has 0 bridgehead atoms. The molecule has 0 radical (unpaired) electrons. The van der Waals surface area contributed by atoms with Crippen molar-refractivity contribution in [3.8, 4) is 0 Å². The van der Waals surface area contributed by atoms with Crippen LogP contribution in [-0.2, 0) is 14.3 Å². The van der Waals surface area contributed by atoms with Crippen molar-refractivity contribution in [3.63, 3.8) is 0 Å². The zero-order valence-corrected chi connectivity index (χ0v) is 19.6. The molecule has 2 saturated heterocycles. The van der Waals surface area contributed by atoms with Crippen LogP contribution in [0.3, 0.4) is 0 Å². The molecule has 1 unspecified atom stereocenters. The van der Waals surface area contributed by atoms with E-state index in [-0.39, 0.29) is 57.3 Å². The lowest BCUT2D eigenvalue weighted by Gasteiger charge is -2.18. The first kappa shape index (κ1) is 23.6. The summed E-state index contributed by atoms with van der Waals surface area (Å²) in [6.45, 7) is 4.75. The fourth-order valence-electron chi connectivity index (χ4n) is 4.14. The summed E-state index contributed by atoms with van der Waals surface area (Å²) in [6, 6.07) is 16.4. The predicted molar refractivity (Wildman–Crippen MR) is 132 cm³/mol. The topological polar surface area (TPSA) is 51.7 Å². The van der Waals surface area contributed by atoms with E-state index in [0.717, 1.165) is 22.0 Å². The van der Waals surface area contributed by atoms with Gasteiger partial charge in [-0.1, -0.05) is 30.3 Å². The number of pyridine rings is 1. The second-order valence-corrected chi connectivity index (χ2v) is 7.99. The Bertz CT molecular complexity index is 1050. The fraction of sp³-hybridized carbons (Fsp3) is 0.333. The summed E-state index contributed by atoms with van der Waals surface area (Å²) in [5.74, 6) is 0.352. The number of carbonyl (C=O) groups is 1. The zero-order valence-electron chi connectivity index (χ0n) is 17.6. The van der Waals surface area contributed by atoms with Gasteiger partial charge in [0.15, 0.2) is 6.29 Å². The number of carbonyl (C=O) groups excluding carboxylic acids is 1. The van der Waals surface area contributed by atoms with E-state index in [9.17, 15) is 4.79 Å². The average Bonchev–Trinajstić information content (AvgIpc) is 3.30. The second-order valence-electron chi connectivity index (χ2n) is 7.99. The maximum Gasteiger partial charge on any atom is 0.227 e. The first-order valence-electron chi connectivity index (χ1n) is 10.1. The molecule has 2 aliphatic rings.